The Morgan fingerprint density at radius 3 is 1.70 bits per heavy atom. The van der Waals surface area contributed by atoms with Gasteiger partial charge in [0.25, 0.3) is 0 Å². The number of hydrogen-bond donors (Lipinski definition) is 1. The summed E-state index contributed by atoms with van der Waals surface area (Å²) in [5.41, 5.74) is 3.23. The van der Waals surface area contributed by atoms with E-state index in [9.17, 15) is 9.90 Å². The van der Waals surface area contributed by atoms with Crippen LogP contribution >= 0.6 is 12.4 Å². The first-order valence-corrected chi connectivity index (χ1v) is 6.79. The molecule has 0 aliphatic carbocycles. The van der Waals surface area contributed by atoms with E-state index in [4.69, 9.17) is 0 Å². The van der Waals surface area contributed by atoms with Crippen LogP contribution in [0.2, 0.25) is 0 Å². The number of aliphatic carboxylic acids is 1. The molecule has 0 bridgehead atoms. The second-order valence-corrected chi connectivity index (χ2v) is 5.86. The van der Waals surface area contributed by atoms with E-state index in [0.29, 0.717) is 11.8 Å². The largest absolute Gasteiger partial charge is 0.480 e. The SMILES string of the molecule is CC(C)c1cccc(C(C)C)c1C(C(=O)O)N(C)C.Cl. The highest BCUT2D eigenvalue weighted by Crippen LogP contribution is 2.34. The number of hydrogen-bond acceptors (Lipinski definition) is 2. The van der Waals surface area contributed by atoms with Crippen molar-refractivity contribution in [3.8, 4) is 0 Å². The van der Waals surface area contributed by atoms with Gasteiger partial charge in [0, 0.05) is 0 Å². The molecule has 4 heteroatoms. The molecule has 1 rings (SSSR count). The van der Waals surface area contributed by atoms with Gasteiger partial charge in [-0.2, -0.15) is 0 Å². The van der Waals surface area contributed by atoms with Crippen molar-refractivity contribution in [2.24, 2.45) is 0 Å². The number of likely N-dealkylation sites (N-methyl/N-ethyl adjacent to an activating group) is 1. The molecule has 0 saturated carbocycles. The number of rotatable bonds is 5. The predicted molar refractivity (Wildman–Crippen MR) is 85.9 cm³/mol. The van der Waals surface area contributed by atoms with E-state index in [0.717, 1.165) is 16.7 Å². The standard InChI is InChI=1S/C16H25NO2.ClH/c1-10(2)12-8-7-9-13(11(3)4)14(12)15(16(18)19)17(5)6;/h7-11,15H,1-6H3,(H,18,19);1H. The van der Waals surface area contributed by atoms with Crippen molar-refractivity contribution in [3.63, 3.8) is 0 Å². The molecule has 0 spiro atoms. The number of benzene rings is 1. The van der Waals surface area contributed by atoms with Crippen LogP contribution in [-0.4, -0.2) is 30.1 Å². The summed E-state index contributed by atoms with van der Waals surface area (Å²) in [7, 11) is 3.64. The molecule has 0 heterocycles. The summed E-state index contributed by atoms with van der Waals surface area (Å²) in [6.45, 7) is 8.43. The lowest BCUT2D eigenvalue weighted by molar-refractivity contribution is -0.142. The summed E-state index contributed by atoms with van der Waals surface area (Å²) < 4.78 is 0. The second kappa shape index (κ2) is 7.65. The summed E-state index contributed by atoms with van der Waals surface area (Å²) >= 11 is 0. The summed E-state index contributed by atoms with van der Waals surface area (Å²) in [6.07, 6.45) is 0. The van der Waals surface area contributed by atoms with Gasteiger partial charge in [-0.3, -0.25) is 9.69 Å². The molecule has 0 aliphatic heterocycles. The zero-order valence-corrected chi connectivity index (χ0v) is 14.0. The molecular weight excluding hydrogens is 274 g/mol. The van der Waals surface area contributed by atoms with E-state index in [1.54, 1.807) is 4.90 Å². The first-order chi connectivity index (χ1) is 8.77. The fraction of sp³-hybridized carbons (Fsp3) is 0.562. The maximum Gasteiger partial charge on any atom is 0.325 e. The van der Waals surface area contributed by atoms with Crippen LogP contribution in [0.4, 0.5) is 0 Å². The van der Waals surface area contributed by atoms with Gasteiger partial charge in [0.05, 0.1) is 0 Å². The van der Waals surface area contributed by atoms with Gasteiger partial charge in [-0.1, -0.05) is 45.9 Å². The molecule has 3 nitrogen and oxygen atoms in total. The van der Waals surface area contributed by atoms with Crippen molar-refractivity contribution in [1.82, 2.24) is 4.90 Å². The third kappa shape index (κ3) is 3.97. The molecule has 20 heavy (non-hydrogen) atoms. The molecule has 0 radical (unpaired) electrons. The first-order valence-electron chi connectivity index (χ1n) is 6.79. The van der Waals surface area contributed by atoms with Crippen molar-refractivity contribution in [1.29, 1.82) is 0 Å². The van der Waals surface area contributed by atoms with Crippen LogP contribution < -0.4 is 0 Å². The van der Waals surface area contributed by atoms with Crippen LogP contribution in [0.5, 0.6) is 0 Å². The van der Waals surface area contributed by atoms with E-state index in [2.05, 4.69) is 27.7 Å². The van der Waals surface area contributed by atoms with Crippen LogP contribution in [-0.2, 0) is 4.79 Å². The molecule has 1 aromatic rings. The third-order valence-corrected chi connectivity index (χ3v) is 3.44. The second-order valence-electron chi connectivity index (χ2n) is 5.86. The molecule has 1 N–H and O–H groups in total. The Labute approximate surface area is 128 Å². The van der Waals surface area contributed by atoms with E-state index in [-0.39, 0.29) is 12.4 Å². The Morgan fingerprint density at radius 1 is 1.05 bits per heavy atom. The molecule has 1 unspecified atom stereocenters. The Balaban J connectivity index is 0.00000361. The first kappa shape index (κ1) is 18.9. The molecular formula is C16H26ClNO2. The third-order valence-electron chi connectivity index (χ3n) is 3.44. The van der Waals surface area contributed by atoms with Gasteiger partial charge < -0.3 is 5.11 Å². The van der Waals surface area contributed by atoms with Crippen molar-refractivity contribution >= 4 is 18.4 Å². The topological polar surface area (TPSA) is 40.5 Å². The number of carboxylic acids is 1. The monoisotopic (exact) mass is 299 g/mol. The highest BCUT2D eigenvalue weighted by molar-refractivity contribution is 5.85. The smallest absolute Gasteiger partial charge is 0.325 e. The zero-order chi connectivity index (χ0) is 14.7. The maximum absolute atomic E-state index is 11.6. The van der Waals surface area contributed by atoms with E-state index in [1.807, 2.05) is 32.3 Å². The Kier molecular flexibility index (Phi) is 7.25. The minimum atomic E-state index is -0.792. The summed E-state index contributed by atoms with van der Waals surface area (Å²) in [5.74, 6) is -0.161. The molecule has 0 amide bonds. The average Bonchev–Trinajstić information content (AvgIpc) is 2.27. The molecule has 1 aromatic carbocycles. The molecule has 114 valence electrons. The Bertz CT molecular complexity index is 430. The highest BCUT2D eigenvalue weighted by atomic mass is 35.5. The molecule has 1 atom stereocenters. The number of carbonyl (C=O) groups is 1. The highest BCUT2D eigenvalue weighted by Gasteiger charge is 2.28. The van der Waals surface area contributed by atoms with Gasteiger partial charge in [0.15, 0.2) is 0 Å². The molecule has 0 aliphatic rings. The number of halogens is 1. The van der Waals surface area contributed by atoms with Gasteiger partial charge >= 0.3 is 5.97 Å². The van der Waals surface area contributed by atoms with Gasteiger partial charge in [0.2, 0.25) is 0 Å². The summed E-state index contributed by atoms with van der Waals surface area (Å²) in [6, 6.07) is 5.54. The Hall–Kier alpha value is -1.06. The van der Waals surface area contributed by atoms with E-state index in [1.165, 1.54) is 0 Å². The van der Waals surface area contributed by atoms with Gasteiger partial charge in [-0.05, 0) is 42.6 Å². The minimum absolute atomic E-state index is 0. The molecule has 0 aromatic heterocycles. The lowest BCUT2D eigenvalue weighted by atomic mass is 9.84. The van der Waals surface area contributed by atoms with Crippen LogP contribution in [0.1, 0.15) is 62.3 Å². The average molecular weight is 300 g/mol. The Morgan fingerprint density at radius 2 is 1.45 bits per heavy atom. The van der Waals surface area contributed by atoms with Gasteiger partial charge in [0.1, 0.15) is 6.04 Å². The quantitative estimate of drug-likeness (QED) is 0.892. The number of nitrogens with zero attached hydrogens (tertiary/aromatic N) is 1. The normalized spacial score (nSPS) is 12.7. The van der Waals surface area contributed by atoms with Crippen LogP contribution in [0.3, 0.4) is 0 Å². The fourth-order valence-electron chi connectivity index (χ4n) is 2.53. The van der Waals surface area contributed by atoms with E-state index >= 15 is 0 Å². The van der Waals surface area contributed by atoms with Gasteiger partial charge in [-0.15, -0.1) is 12.4 Å². The fourth-order valence-corrected chi connectivity index (χ4v) is 2.53. The predicted octanol–water partition coefficient (Wildman–Crippen LogP) is 4.04. The number of carboxylic acid groups (broad SMARTS) is 1. The minimum Gasteiger partial charge on any atom is -0.480 e. The zero-order valence-electron chi connectivity index (χ0n) is 13.2. The van der Waals surface area contributed by atoms with Gasteiger partial charge in [-0.25, -0.2) is 0 Å². The van der Waals surface area contributed by atoms with E-state index < -0.39 is 12.0 Å². The van der Waals surface area contributed by atoms with Crippen LogP contribution in [0, 0.1) is 0 Å². The summed E-state index contributed by atoms with van der Waals surface area (Å²) in [4.78, 5) is 13.4. The molecule has 0 fully saturated rings. The van der Waals surface area contributed by atoms with Crippen molar-refractivity contribution in [2.75, 3.05) is 14.1 Å². The molecule has 0 saturated heterocycles. The van der Waals surface area contributed by atoms with Crippen LogP contribution in [0.25, 0.3) is 0 Å². The lowest BCUT2D eigenvalue weighted by Crippen LogP contribution is -2.29. The van der Waals surface area contributed by atoms with Crippen LogP contribution in [0.15, 0.2) is 18.2 Å². The van der Waals surface area contributed by atoms with Crippen molar-refractivity contribution in [2.45, 2.75) is 45.6 Å². The van der Waals surface area contributed by atoms with Crippen molar-refractivity contribution < 1.29 is 9.90 Å². The lowest BCUT2D eigenvalue weighted by Gasteiger charge is -2.28. The maximum atomic E-state index is 11.6. The van der Waals surface area contributed by atoms with Crippen molar-refractivity contribution in [3.05, 3.63) is 34.9 Å². The summed E-state index contributed by atoms with van der Waals surface area (Å²) in [5, 5.41) is 9.57.